The summed E-state index contributed by atoms with van der Waals surface area (Å²) in [4.78, 5) is 0. The molecule has 0 aliphatic heterocycles. The van der Waals surface area contributed by atoms with Crippen LogP contribution in [-0.4, -0.2) is 23.2 Å². The summed E-state index contributed by atoms with van der Waals surface area (Å²) in [6.07, 6.45) is -3.02. The Kier molecular flexibility index (Phi) is 3.58. The predicted octanol–water partition coefficient (Wildman–Crippen LogP) is 1.89. The van der Waals surface area contributed by atoms with Crippen LogP contribution in [0.2, 0.25) is 0 Å². The maximum Gasteiger partial charge on any atom is 0.273 e. The van der Waals surface area contributed by atoms with E-state index in [2.05, 4.69) is 15.9 Å². The summed E-state index contributed by atoms with van der Waals surface area (Å²) in [5.41, 5.74) is -2.47. The van der Waals surface area contributed by atoms with E-state index < -0.39 is 18.6 Å². The minimum Gasteiger partial charge on any atom is -0.393 e. The van der Waals surface area contributed by atoms with Crippen LogP contribution in [0.25, 0.3) is 0 Å². The van der Waals surface area contributed by atoms with E-state index in [1.54, 1.807) is 0 Å². The van der Waals surface area contributed by atoms with Crippen molar-refractivity contribution < 1.29 is 19.0 Å². The zero-order chi connectivity index (χ0) is 10.8. The van der Waals surface area contributed by atoms with Gasteiger partial charge in [-0.2, -0.15) is 0 Å². The third-order valence-corrected chi connectivity index (χ3v) is 2.47. The molecular weight excluding hydrogens is 258 g/mol. The molecule has 0 fully saturated rings. The number of halogens is 3. The van der Waals surface area contributed by atoms with Crippen molar-refractivity contribution in [1.82, 2.24) is 0 Å². The maximum absolute atomic E-state index is 12.4. The third-order valence-electron chi connectivity index (χ3n) is 1.95. The van der Waals surface area contributed by atoms with E-state index in [9.17, 15) is 13.9 Å². The van der Waals surface area contributed by atoms with Crippen LogP contribution in [0.1, 0.15) is 5.56 Å². The zero-order valence-corrected chi connectivity index (χ0v) is 8.71. The number of rotatable bonds is 3. The Morgan fingerprint density at radius 2 is 1.79 bits per heavy atom. The summed E-state index contributed by atoms with van der Waals surface area (Å²) in [5.74, 6) is 0. The van der Waals surface area contributed by atoms with E-state index in [4.69, 9.17) is 5.11 Å². The largest absolute Gasteiger partial charge is 0.393 e. The SMILES string of the molecule is OC[C@@](O)(c1ccc(Br)cc1)C(F)F. The zero-order valence-electron chi connectivity index (χ0n) is 7.12. The van der Waals surface area contributed by atoms with Gasteiger partial charge in [0.1, 0.15) is 0 Å². The van der Waals surface area contributed by atoms with Gasteiger partial charge in [-0.3, -0.25) is 0 Å². The molecule has 2 nitrogen and oxygen atoms in total. The Morgan fingerprint density at radius 1 is 1.29 bits per heavy atom. The van der Waals surface area contributed by atoms with E-state index in [-0.39, 0.29) is 5.56 Å². The molecule has 0 amide bonds. The summed E-state index contributed by atoms with van der Waals surface area (Å²) >= 11 is 3.14. The standard InChI is InChI=1S/C9H9BrF2O2/c10-7-3-1-6(2-4-7)9(14,5-13)8(11)12/h1-4,8,13-14H,5H2/t9-/m1/s1. The molecule has 1 aromatic carbocycles. The van der Waals surface area contributed by atoms with Crippen LogP contribution in [0.5, 0.6) is 0 Å². The Bertz CT molecular complexity index is 302. The quantitative estimate of drug-likeness (QED) is 0.878. The van der Waals surface area contributed by atoms with Gasteiger partial charge in [0, 0.05) is 4.47 Å². The highest BCUT2D eigenvalue weighted by Crippen LogP contribution is 2.28. The van der Waals surface area contributed by atoms with Gasteiger partial charge < -0.3 is 10.2 Å². The molecule has 78 valence electrons. The lowest BCUT2D eigenvalue weighted by Gasteiger charge is -2.25. The average molecular weight is 267 g/mol. The van der Waals surface area contributed by atoms with Crippen molar-refractivity contribution in [3.8, 4) is 0 Å². The fourth-order valence-corrected chi connectivity index (χ4v) is 1.29. The highest BCUT2D eigenvalue weighted by Gasteiger charge is 2.38. The van der Waals surface area contributed by atoms with Crippen molar-refractivity contribution in [1.29, 1.82) is 0 Å². The molecule has 5 heteroatoms. The fourth-order valence-electron chi connectivity index (χ4n) is 1.02. The first-order valence-electron chi connectivity index (χ1n) is 3.88. The molecule has 1 rings (SSSR count). The van der Waals surface area contributed by atoms with Crippen LogP contribution in [0.3, 0.4) is 0 Å². The van der Waals surface area contributed by atoms with Gasteiger partial charge in [0.15, 0.2) is 5.60 Å². The number of hydrogen-bond donors (Lipinski definition) is 2. The Morgan fingerprint density at radius 3 is 2.14 bits per heavy atom. The van der Waals surface area contributed by atoms with Gasteiger partial charge in [-0.05, 0) is 17.7 Å². The van der Waals surface area contributed by atoms with Crippen LogP contribution >= 0.6 is 15.9 Å². The van der Waals surface area contributed by atoms with Gasteiger partial charge >= 0.3 is 0 Å². The molecule has 0 saturated carbocycles. The smallest absolute Gasteiger partial charge is 0.273 e. The molecule has 1 atom stereocenters. The Labute approximate surface area is 88.3 Å². The van der Waals surface area contributed by atoms with Crippen molar-refractivity contribution >= 4 is 15.9 Å². The van der Waals surface area contributed by atoms with Gasteiger partial charge in [0.2, 0.25) is 0 Å². The molecule has 0 bridgehead atoms. The van der Waals surface area contributed by atoms with Crippen molar-refractivity contribution in [2.45, 2.75) is 12.0 Å². The first-order chi connectivity index (χ1) is 6.50. The summed E-state index contributed by atoms with van der Waals surface area (Å²) in [7, 11) is 0. The van der Waals surface area contributed by atoms with Crippen molar-refractivity contribution in [3.63, 3.8) is 0 Å². The van der Waals surface area contributed by atoms with Gasteiger partial charge in [-0.15, -0.1) is 0 Å². The van der Waals surface area contributed by atoms with Crippen LogP contribution in [0.15, 0.2) is 28.7 Å². The van der Waals surface area contributed by atoms with Gasteiger partial charge in [-0.1, -0.05) is 28.1 Å². The van der Waals surface area contributed by atoms with Crippen molar-refractivity contribution in [2.75, 3.05) is 6.61 Å². The number of alkyl halides is 2. The van der Waals surface area contributed by atoms with Gasteiger partial charge in [0.05, 0.1) is 6.61 Å². The lowest BCUT2D eigenvalue weighted by molar-refractivity contribution is -0.129. The summed E-state index contributed by atoms with van der Waals surface area (Å²) in [6, 6.07) is 5.73. The molecule has 0 aliphatic carbocycles. The lowest BCUT2D eigenvalue weighted by Crippen LogP contribution is -2.38. The van der Waals surface area contributed by atoms with Crippen molar-refractivity contribution in [3.05, 3.63) is 34.3 Å². The second-order valence-electron chi connectivity index (χ2n) is 2.89. The molecule has 0 aliphatic rings. The molecule has 0 heterocycles. The van der Waals surface area contributed by atoms with E-state index in [0.29, 0.717) is 0 Å². The number of aliphatic hydroxyl groups excluding tert-OH is 1. The molecule has 0 unspecified atom stereocenters. The molecular formula is C9H9BrF2O2. The van der Waals surface area contributed by atoms with E-state index in [1.165, 1.54) is 24.3 Å². The summed E-state index contributed by atoms with van der Waals surface area (Å²) in [5, 5.41) is 18.2. The minimum absolute atomic E-state index is 0.00167. The predicted molar refractivity (Wildman–Crippen MR) is 51.1 cm³/mol. The van der Waals surface area contributed by atoms with Crippen LogP contribution in [-0.2, 0) is 5.60 Å². The molecule has 0 saturated heterocycles. The first-order valence-corrected chi connectivity index (χ1v) is 4.67. The summed E-state index contributed by atoms with van der Waals surface area (Å²) < 4.78 is 25.6. The lowest BCUT2D eigenvalue weighted by atomic mass is 9.95. The molecule has 0 spiro atoms. The second kappa shape index (κ2) is 4.33. The van der Waals surface area contributed by atoms with Crippen LogP contribution in [0.4, 0.5) is 8.78 Å². The van der Waals surface area contributed by atoms with E-state index in [1.807, 2.05) is 0 Å². The monoisotopic (exact) mass is 266 g/mol. The van der Waals surface area contributed by atoms with E-state index in [0.717, 1.165) is 4.47 Å². The van der Waals surface area contributed by atoms with Crippen molar-refractivity contribution in [2.24, 2.45) is 0 Å². The number of hydrogen-bond acceptors (Lipinski definition) is 2. The Balaban J connectivity index is 3.06. The first kappa shape index (κ1) is 11.6. The maximum atomic E-state index is 12.4. The minimum atomic E-state index is -3.02. The second-order valence-corrected chi connectivity index (χ2v) is 3.81. The van der Waals surface area contributed by atoms with Crippen LogP contribution in [0, 0.1) is 0 Å². The number of benzene rings is 1. The van der Waals surface area contributed by atoms with Gasteiger partial charge in [0.25, 0.3) is 6.43 Å². The summed E-state index contributed by atoms with van der Waals surface area (Å²) in [6.45, 7) is -1.01. The molecule has 1 aromatic rings. The molecule has 2 N–H and O–H groups in total. The molecule has 0 radical (unpaired) electrons. The topological polar surface area (TPSA) is 40.5 Å². The average Bonchev–Trinajstić information content (AvgIpc) is 2.17. The highest BCUT2D eigenvalue weighted by atomic mass is 79.9. The number of aliphatic hydroxyl groups is 2. The highest BCUT2D eigenvalue weighted by molar-refractivity contribution is 9.10. The molecule has 0 aromatic heterocycles. The fraction of sp³-hybridized carbons (Fsp3) is 0.333. The van der Waals surface area contributed by atoms with Crippen LogP contribution < -0.4 is 0 Å². The third kappa shape index (κ3) is 2.10. The molecule has 14 heavy (non-hydrogen) atoms. The normalized spacial score (nSPS) is 15.6. The van der Waals surface area contributed by atoms with E-state index >= 15 is 0 Å². The van der Waals surface area contributed by atoms with Gasteiger partial charge in [-0.25, -0.2) is 8.78 Å². The Hall–Kier alpha value is -0.520.